The molecule has 0 radical (unpaired) electrons. The molecule has 0 unspecified atom stereocenters. The highest BCUT2D eigenvalue weighted by molar-refractivity contribution is 6.31. The number of rotatable bonds is 5. The summed E-state index contributed by atoms with van der Waals surface area (Å²) in [7, 11) is 0. The maximum absolute atomic E-state index is 6.22. The molecule has 0 aliphatic rings. The minimum Gasteiger partial charge on any atom is -0.336 e. The van der Waals surface area contributed by atoms with Crippen molar-refractivity contribution in [3.63, 3.8) is 0 Å². The molecule has 130 valence electrons. The first-order chi connectivity index (χ1) is 12.7. The molecule has 0 bridgehead atoms. The van der Waals surface area contributed by atoms with Gasteiger partial charge in [0.2, 0.25) is 0 Å². The molecule has 0 saturated carbocycles. The first-order valence-corrected chi connectivity index (χ1v) is 8.68. The number of nitrogens with zero attached hydrogens (tertiary/aromatic N) is 5. The van der Waals surface area contributed by atoms with Gasteiger partial charge >= 0.3 is 0 Å². The highest BCUT2D eigenvalue weighted by Crippen LogP contribution is 2.23. The lowest BCUT2D eigenvalue weighted by Crippen LogP contribution is -1.98. The Hall–Kier alpha value is -2.99. The number of aryl methyl sites for hydroxylation is 3. The summed E-state index contributed by atoms with van der Waals surface area (Å²) in [5.74, 6) is 0. The summed E-state index contributed by atoms with van der Waals surface area (Å²) in [5.41, 5.74) is 5.41. The Morgan fingerprint density at radius 3 is 2.77 bits per heavy atom. The van der Waals surface area contributed by atoms with Crippen LogP contribution in [-0.4, -0.2) is 29.9 Å². The van der Waals surface area contributed by atoms with Crippen LogP contribution in [0.1, 0.15) is 11.3 Å². The third-order valence-electron chi connectivity index (χ3n) is 4.25. The summed E-state index contributed by atoms with van der Waals surface area (Å²) in [4.78, 5) is 8.93. The summed E-state index contributed by atoms with van der Waals surface area (Å²) in [6, 6.07) is 11.8. The summed E-state index contributed by atoms with van der Waals surface area (Å²) < 4.78 is 2.05. The molecule has 26 heavy (non-hydrogen) atoms. The molecule has 0 aliphatic heterocycles. The number of hydrogen-bond donors (Lipinski definition) is 1. The predicted octanol–water partition coefficient (Wildman–Crippen LogP) is 3.93. The Morgan fingerprint density at radius 2 is 1.96 bits per heavy atom. The minimum atomic E-state index is 0.796. The van der Waals surface area contributed by atoms with E-state index in [-0.39, 0.29) is 0 Å². The average Bonchev–Trinajstić information content (AvgIpc) is 3.30. The summed E-state index contributed by atoms with van der Waals surface area (Å²) >= 11 is 6.22. The van der Waals surface area contributed by atoms with E-state index in [0.29, 0.717) is 0 Å². The number of halogens is 1. The number of benzene rings is 1. The molecule has 0 fully saturated rings. The zero-order valence-corrected chi connectivity index (χ0v) is 15.0. The maximum atomic E-state index is 6.22. The monoisotopic (exact) mass is 364 g/mol. The van der Waals surface area contributed by atoms with E-state index in [1.54, 1.807) is 6.20 Å². The van der Waals surface area contributed by atoms with Gasteiger partial charge in [-0.15, -0.1) is 0 Å². The topological polar surface area (TPSA) is 72.3 Å². The van der Waals surface area contributed by atoms with Gasteiger partial charge in [-0.1, -0.05) is 29.8 Å². The lowest BCUT2D eigenvalue weighted by molar-refractivity contribution is 0.696. The van der Waals surface area contributed by atoms with Crippen molar-refractivity contribution in [1.29, 1.82) is 0 Å². The Balaban J connectivity index is 1.53. The highest BCUT2D eigenvalue weighted by atomic mass is 35.5. The van der Waals surface area contributed by atoms with Crippen molar-refractivity contribution in [1.82, 2.24) is 29.9 Å². The van der Waals surface area contributed by atoms with Crippen LogP contribution in [0.25, 0.3) is 22.6 Å². The van der Waals surface area contributed by atoms with Crippen molar-refractivity contribution in [3.8, 4) is 22.6 Å². The van der Waals surface area contributed by atoms with E-state index < -0.39 is 0 Å². The van der Waals surface area contributed by atoms with Crippen LogP contribution in [0.15, 0.2) is 55.1 Å². The molecule has 6 nitrogen and oxygen atoms in total. The number of H-pyrrole nitrogens is 1. The Morgan fingerprint density at radius 1 is 1.08 bits per heavy atom. The van der Waals surface area contributed by atoms with E-state index in [2.05, 4.69) is 25.4 Å². The molecular formula is C19H17ClN6. The van der Waals surface area contributed by atoms with Gasteiger partial charge in [-0.25, -0.2) is 4.98 Å². The van der Waals surface area contributed by atoms with E-state index in [4.69, 9.17) is 11.6 Å². The standard InChI is InChI=1S/C19H17ClN6/c1-13-19(24-25-23-13)15-6-8-21-17(10-15)18-11-26(12-22-18)9-7-14-4-2-3-5-16(14)20/h2-6,8,10-12H,7,9H2,1H3,(H,23,24,25). The van der Waals surface area contributed by atoms with Gasteiger partial charge in [0.25, 0.3) is 0 Å². The van der Waals surface area contributed by atoms with E-state index in [0.717, 1.165) is 51.9 Å². The highest BCUT2D eigenvalue weighted by Gasteiger charge is 2.10. The molecule has 3 heterocycles. The van der Waals surface area contributed by atoms with E-state index in [9.17, 15) is 0 Å². The van der Waals surface area contributed by atoms with Gasteiger partial charge in [0, 0.05) is 29.5 Å². The van der Waals surface area contributed by atoms with Crippen molar-refractivity contribution in [2.24, 2.45) is 0 Å². The maximum Gasteiger partial charge on any atom is 0.115 e. The molecule has 0 saturated heterocycles. The predicted molar refractivity (Wildman–Crippen MR) is 101 cm³/mol. The largest absolute Gasteiger partial charge is 0.336 e. The van der Waals surface area contributed by atoms with Crippen molar-refractivity contribution < 1.29 is 0 Å². The molecule has 0 amide bonds. The first-order valence-electron chi connectivity index (χ1n) is 8.30. The van der Waals surface area contributed by atoms with Crippen molar-refractivity contribution >= 4 is 11.6 Å². The fraction of sp³-hybridized carbons (Fsp3) is 0.158. The SMILES string of the molecule is Cc1n[nH]nc1-c1ccnc(-c2cn(CCc3ccccc3Cl)cn2)c1. The van der Waals surface area contributed by atoms with E-state index in [1.807, 2.05) is 60.4 Å². The molecule has 4 aromatic rings. The van der Waals surface area contributed by atoms with Crippen LogP contribution in [-0.2, 0) is 13.0 Å². The van der Waals surface area contributed by atoms with Crippen LogP contribution in [0.2, 0.25) is 5.02 Å². The zero-order valence-electron chi connectivity index (χ0n) is 14.2. The second kappa shape index (κ2) is 7.09. The van der Waals surface area contributed by atoms with Crippen LogP contribution >= 0.6 is 11.6 Å². The number of aromatic nitrogens is 6. The van der Waals surface area contributed by atoms with Gasteiger partial charge in [0.1, 0.15) is 11.4 Å². The number of aromatic amines is 1. The minimum absolute atomic E-state index is 0.796. The van der Waals surface area contributed by atoms with Crippen LogP contribution in [0.3, 0.4) is 0 Å². The molecule has 3 aromatic heterocycles. The molecule has 0 spiro atoms. The van der Waals surface area contributed by atoms with Crippen LogP contribution in [0, 0.1) is 6.92 Å². The molecular weight excluding hydrogens is 348 g/mol. The zero-order chi connectivity index (χ0) is 17.9. The first kappa shape index (κ1) is 16.5. The average molecular weight is 365 g/mol. The third-order valence-corrected chi connectivity index (χ3v) is 4.62. The normalized spacial score (nSPS) is 11.0. The number of imidazole rings is 1. The van der Waals surface area contributed by atoms with E-state index >= 15 is 0 Å². The molecule has 1 aromatic carbocycles. The Labute approximate surface area is 155 Å². The number of pyridine rings is 1. The molecule has 0 atom stereocenters. The van der Waals surface area contributed by atoms with Crippen LogP contribution in [0.5, 0.6) is 0 Å². The van der Waals surface area contributed by atoms with Gasteiger partial charge in [0.05, 0.1) is 17.7 Å². The smallest absolute Gasteiger partial charge is 0.115 e. The Bertz CT molecular complexity index is 1040. The summed E-state index contributed by atoms with van der Waals surface area (Å²) in [6.07, 6.45) is 6.43. The van der Waals surface area contributed by atoms with Crippen LogP contribution < -0.4 is 0 Å². The molecule has 0 aliphatic carbocycles. The fourth-order valence-electron chi connectivity index (χ4n) is 2.84. The molecule has 4 rings (SSSR count). The molecule has 7 heteroatoms. The van der Waals surface area contributed by atoms with Gasteiger partial charge < -0.3 is 4.57 Å². The van der Waals surface area contributed by atoms with Crippen molar-refractivity contribution in [2.75, 3.05) is 0 Å². The molecule has 1 N–H and O–H groups in total. The lowest BCUT2D eigenvalue weighted by Gasteiger charge is -2.04. The summed E-state index contributed by atoms with van der Waals surface area (Å²) in [5, 5.41) is 11.7. The Kier molecular flexibility index (Phi) is 4.50. The van der Waals surface area contributed by atoms with Gasteiger partial charge in [-0.3, -0.25) is 4.98 Å². The second-order valence-corrected chi connectivity index (χ2v) is 6.43. The number of hydrogen-bond acceptors (Lipinski definition) is 4. The van der Waals surface area contributed by atoms with Crippen molar-refractivity contribution in [3.05, 3.63) is 71.4 Å². The van der Waals surface area contributed by atoms with Gasteiger partial charge in [-0.2, -0.15) is 15.4 Å². The van der Waals surface area contributed by atoms with Gasteiger partial charge in [0.15, 0.2) is 0 Å². The van der Waals surface area contributed by atoms with Gasteiger partial charge in [-0.05, 0) is 37.1 Å². The summed E-state index contributed by atoms with van der Waals surface area (Å²) in [6.45, 7) is 2.72. The van der Waals surface area contributed by atoms with Crippen molar-refractivity contribution in [2.45, 2.75) is 19.9 Å². The fourth-order valence-corrected chi connectivity index (χ4v) is 3.07. The third kappa shape index (κ3) is 3.36. The van der Waals surface area contributed by atoms with E-state index in [1.165, 1.54) is 0 Å². The van der Waals surface area contributed by atoms with Crippen LogP contribution in [0.4, 0.5) is 0 Å². The number of nitrogens with one attached hydrogen (secondary N) is 1. The quantitative estimate of drug-likeness (QED) is 0.582. The second-order valence-electron chi connectivity index (χ2n) is 6.03. The lowest BCUT2D eigenvalue weighted by atomic mass is 10.1.